The number of phenolic OH excluding ortho intramolecular Hbond substituents is 3. The Hall–Kier alpha value is -1.72. The molecule has 2 aromatic rings. The lowest BCUT2D eigenvalue weighted by molar-refractivity contribution is 0.397. The Labute approximate surface area is 152 Å². The van der Waals surface area contributed by atoms with Gasteiger partial charge in [0.1, 0.15) is 5.75 Å². The van der Waals surface area contributed by atoms with Crippen LogP contribution in [0.15, 0.2) is 30.3 Å². The topological polar surface area (TPSA) is 72.7 Å². The zero-order valence-electron chi connectivity index (χ0n) is 13.7. The van der Waals surface area contributed by atoms with Crippen LogP contribution in [0.3, 0.4) is 0 Å². The minimum Gasteiger partial charge on any atom is -0.508 e. The van der Waals surface area contributed by atoms with E-state index in [1.54, 1.807) is 18.2 Å². The number of phenols is 3. The number of benzene rings is 2. The molecule has 3 rings (SSSR count). The summed E-state index contributed by atoms with van der Waals surface area (Å²) >= 11 is 0. The van der Waals surface area contributed by atoms with Gasteiger partial charge in [0, 0.05) is 18.0 Å². The van der Waals surface area contributed by atoms with Crippen molar-refractivity contribution in [1.82, 2.24) is 5.32 Å². The molecule has 130 valence electrons. The van der Waals surface area contributed by atoms with Crippen LogP contribution in [0.25, 0.3) is 0 Å². The summed E-state index contributed by atoms with van der Waals surface area (Å²) in [4.78, 5) is 0. The average Bonchev–Trinajstić information content (AvgIpc) is 2.75. The van der Waals surface area contributed by atoms with E-state index in [1.807, 2.05) is 12.1 Å². The van der Waals surface area contributed by atoms with Crippen LogP contribution in [0.4, 0.5) is 0 Å². The fraction of sp³-hybridized carbons (Fsp3) is 0.368. The van der Waals surface area contributed by atoms with Gasteiger partial charge in [-0.15, -0.1) is 17.0 Å². The average molecular weight is 394 g/mol. The smallest absolute Gasteiger partial charge is 0.160 e. The van der Waals surface area contributed by atoms with Gasteiger partial charge in [0.2, 0.25) is 0 Å². The van der Waals surface area contributed by atoms with Gasteiger partial charge in [0.05, 0.1) is 0 Å². The van der Waals surface area contributed by atoms with E-state index in [0.717, 1.165) is 54.6 Å². The summed E-state index contributed by atoms with van der Waals surface area (Å²) < 4.78 is 0. The van der Waals surface area contributed by atoms with Gasteiger partial charge < -0.3 is 20.6 Å². The predicted molar refractivity (Wildman–Crippen MR) is 101 cm³/mol. The maximum atomic E-state index is 10.3. The minimum absolute atomic E-state index is 0. The largest absolute Gasteiger partial charge is 0.508 e. The van der Waals surface area contributed by atoms with E-state index in [0.29, 0.717) is 0 Å². The van der Waals surface area contributed by atoms with Crippen LogP contribution in [-0.4, -0.2) is 28.4 Å². The van der Waals surface area contributed by atoms with Crippen molar-refractivity contribution in [3.63, 3.8) is 0 Å². The fourth-order valence-electron chi connectivity index (χ4n) is 3.47. The highest BCUT2D eigenvalue weighted by atomic mass is 79.9. The molecule has 0 spiro atoms. The molecule has 0 amide bonds. The number of hydrogen-bond donors (Lipinski definition) is 4. The lowest BCUT2D eigenvalue weighted by Crippen LogP contribution is -2.20. The predicted octanol–water partition coefficient (Wildman–Crippen LogP) is 3.61. The van der Waals surface area contributed by atoms with E-state index < -0.39 is 0 Å². The third-order valence-corrected chi connectivity index (χ3v) is 4.60. The van der Waals surface area contributed by atoms with Crippen molar-refractivity contribution in [3.8, 4) is 17.2 Å². The third kappa shape index (κ3) is 3.52. The highest BCUT2D eigenvalue weighted by Gasteiger charge is 2.25. The second kappa shape index (κ2) is 7.90. The normalized spacial score (nSPS) is 16.8. The van der Waals surface area contributed by atoms with Crippen LogP contribution in [-0.2, 0) is 12.8 Å². The molecule has 1 heterocycles. The molecule has 1 aliphatic heterocycles. The van der Waals surface area contributed by atoms with Crippen molar-refractivity contribution >= 4 is 17.0 Å². The molecule has 1 aliphatic rings. The molecule has 1 unspecified atom stereocenters. The molecule has 5 heteroatoms. The van der Waals surface area contributed by atoms with Crippen molar-refractivity contribution in [2.45, 2.75) is 32.1 Å². The van der Waals surface area contributed by atoms with Crippen molar-refractivity contribution in [2.24, 2.45) is 0 Å². The SMILES string of the molecule is Br.CCCc1c(O)c(O)cc2c1CCNCC2c1ccc(O)cc1. The van der Waals surface area contributed by atoms with E-state index in [9.17, 15) is 15.3 Å². The summed E-state index contributed by atoms with van der Waals surface area (Å²) in [7, 11) is 0. The Morgan fingerprint density at radius 2 is 1.83 bits per heavy atom. The standard InChI is InChI=1S/C19H23NO3.BrH/c1-2-3-15-14-8-9-20-11-17(12-4-6-13(21)7-5-12)16(14)10-18(22)19(15)23;/h4-7,10,17,20-23H,2-3,8-9,11H2,1H3;1H. The highest BCUT2D eigenvalue weighted by molar-refractivity contribution is 8.93. The Morgan fingerprint density at radius 3 is 2.50 bits per heavy atom. The molecule has 4 nitrogen and oxygen atoms in total. The second-order valence-electron chi connectivity index (χ2n) is 6.14. The first-order chi connectivity index (χ1) is 11.1. The number of fused-ring (bicyclic) bond motifs is 1. The van der Waals surface area contributed by atoms with Crippen LogP contribution in [0, 0.1) is 0 Å². The summed E-state index contributed by atoms with van der Waals surface area (Å²) in [6.07, 6.45) is 2.51. The van der Waals surface area contributed by atoms with Gasteiger partial charge in [0.15, 0.2) is 11.5 Å². The van der Waals surface area contributed by atoms with Crippen molar-refractivity contribution < 1.29 is 15.3 Å². The maximum absolute atomic E-state index is 10.3. The van der Waals surface area contributed by atoms with Gasteiger partial charge in [-0.05, 0) is 54.3 Å². The van der Waals surface area contributed by atoms with Crippen molar-refractivity contribution in [3.05, 3.63) is 52.6 Å². The number of aromatic hydroxyl groups is 3. The van der Waals surface area contributed by atoms with E-state index in [2.05, 4.69) is 12.2 Å². The molecule has 24 heavy (non-hydrogen) atoms. The van der Waals surface area contributed by atoms with Crippen LogP contribution in [0.5, 0.6) is 17.2 Å². The quantitative estimate of drug-likeness (QED) is 0.601. The Kier molecular flexibility index (Phi) is 6.13. The lowest BCUT2D eigenvalue weighted by atomic mass is 9.84. The summed E-state index contributed by atoms with van der Waals surface area (Å²) in [6, 6.07) is 8.91. The molecule has 4 N–H and O–H groups in total. The van der Waals surface area contributed by atoms with Gasteiger partial charge in [-0.3, -0.25) is 0 Å². The Balaban J connectivity index is 0.00000208. The summed E-state index contributed by atoms with van der Waals surface area (Å²) in [6.45, 7) is 3.69. The first-order valence-corrected chi connectivity index (χ1v) is 8.18. The van der Waals surface area contributed by atoms with E-state index in [-0.39, 0.29) is 40.1 Å². The Bertz CT molecular complexity index is 701. The zero-order chi connectivity index (χ0) is 16.4. The Morgan fingerprint density at radius 1 is 1.12 bits per heavy atom. The van der Waals surface area contributed by atoms with Gasteiger partial charge in [0.25, 0.3) is 0 Å². The van der Waals surface area contributed by atoms with E-state index in [1.165, 1.54) is 0 Å². The molecule has 0 fully saturated rings. The van der Waals surface area contributed by atoms with Gasteiger partial charge in [-0.25, -0.2) is 0 Å². The van der Waals surface area contributed by atoms with Gasteiger partial charge in [-0.2, -0.15) is 0 Å². The number of hydrogen-bond acceptors (Lipinski definition) is 4. The number of nitrogens with one attached hydrogen (secondary N) is 1. The van der Waals surface area contributed by atoms with E-state index >= 15 is 0 Å². The zero-order valence-corrected chi connectivity index (χ0v) is 15.5. The minimum atomic E-state index is -0.0436. The lowest BCUT2D eigenvalue weighted by Gasteiger charge is -2.21. The molecule has 0 aromatic heterocycles. The van der Waals surface area contributed by atoms with Crippen molar-refractivity contribution in [1.29, 1.82) is 0 Å². The maximum Gasteiger partial charge on any atom is 0.160 e. The third-order valence-electron chi connectivity index (χ3n) is 4.60. The molecular weight excluding hydrogens is 370 g/mol. The molecule has 2 aromatic carbocycles. The first-order valence-electron chi connectivity index (χ1n) is 8.18. The molecular formula is C19H24BrNO3. The van der Waals surface area contributed by atoms with Crippen molar-refractivity contribution in [2.75, 3.05) is 13.1 Å². The van der Waals surface area contributed by atoms with Gasteiger partial charge >= 0.3 is 0 Å². The van der Waals surface area contributed by atoms with Crippen LogP contribution < -0.4 is 5.32 Å². The van der Waals surface area contributed by atoms with E-state index in [4.69, 9.17) is 0 Å². The monoisotopic (exact) mass is 393 g/mol. The molecule has 0 radical (unpaired) electrons. The molecule has 0 saturated carbocycles. The molecule has 0 bridgehead atoms. The second-order valence-corrected chi connectivity index (χ2v) is 6.14. The molecule has 0 saturated heterocycles. The van der Waals surface area contributed by atoms with Gasteiger partial charge in [-0.1, -0.05) is 25.5 Å². The van der Waals surface area contributed by atoms with Crippen LogP contribution in [0.2, 0.25) is 0 Å². The number of halogens is 1. The van der Waals surface area contributed by atoms with Crippen LogP contribution >= 0.6 is 17.0 Å². The first kappa shape index (κ1) is 18.6. The molecule has 1 atom stereocenters. The number of rotatable bonds is 3. The summed E-state index contributed by atoms with van der Waals surface area (Å²) in [5.74, 6) is 0.320. The summed E-state index contributed by atoms with van der Waals surface area (Å²) in [5, 5.41) is 33.4. The van der Waals surface area contributed by atoms with Crippen LogP contribution in [0.1, 0.15) is 41.5 Å². The summed E-state index contributed by atoms with van der Waals surface area (Å²) in [5.41, 5.74) is 4.17. The highest BCUT2D eigenvalue weighted by Crippen LogP contribution is 2.40. The molecule has 0 aliphatic carbocycles. The fourth-order valence-corrected chi connectivity index (χ4v) is 3.47.